The maximum Gasteiger partial charge on any atom is 0.277 e. The molecule has 3 aromatic heterocycles. The third kappa shape index (κ3) is 4.60. The van der Waals surface area contributed by atoms with Crippen LogP contribution < -0.4 is 5.32 Å². The molecule has 0 aliphatic carbocycles. The molecule has 11 heteroatoms. The van der Waals surface area contributed by atoms with Gasteiger partial charge in [-0.05, 0) is 54.9 Å². The fraction of sp³-hybridized carbons (Fsp3) is 0.238. The average Bonchev–Trinajstić information content (AvgIpc) is 3.41. The second kappa shape index (κ2) is 9.09. The fourth-order valence-corrected chi connectivity index (χ4v) is 4.06. The summed E-state index contributed by atoms with van der Waals surface area (Å²) in [5.74, 6) is 0.0754. The number of anilines is 1. The molecule has 0 unspecified atom stereocenters. The molecule has 32 heavy (non-hydrogen) atoms. The van der Waals surface area contributed by atoms with Crippen molar-refractivity contribution in [3.63, 3.8) is 0 Å². The smallest absolute Gasteiger partial charge is 0.277 e. The Morgan fingerprint density at radius 2 is 1.78 bits per heavy atom. The maximum atomic E-state index is 12.7. The van der Waals surface area contributed by atoms with E-state index in [1.54, 1.807) is 45.9 Å². The lowest BCUT2D eigenvalue weighted by atomic mass is 10.2. The van der Waals surface area contributed by atoms with Gasteiger partial charge in [-0.1, -0.05) is 29.3 Å². The van der Waals surface area contributed by atoms with Crippen molar-refractivity contribution in [1.82, 2.24) is 29.3 Å². The molecule has 0 spiro atoms. The van der Waals surface area contributed by atoms with Gasteiger partial charge in [0.1, 0.15) is 6.67 Å². The van der Waals surface area contributed by atoms with E-state index in [9.17, 15) is 4.79 Å². The van der Waals surface area contributed by atoms with Crippen molar-refractivity contribution in [2.45, 2.75) is 34.0 Å². The molecule has 4 aromatic rings. The van der Waals surface area contributed by atoms with Crippen LogP contribution in [0.1, 0.15) is 33.1 Å². The average molecular weight is 537 g/mol. The second-order valence-corrected chi connectivity index (χ2v) is 8.96. The molecular formula is C21H20BrCl2N7O. The summed E-state index contributed by atoms with van der Waals surface area (Å²) < 4.78 is 6.18. The molecule has 4 rings (SSSR count). The first-order valence-corrected chi connectivity index (χ1v) is 11.3. The van der Waals surface area contributed by atoms with Gasteiger partial charge >= 0.3 is 0 Å². The highest BCUT2D eigenvalue weighted by Gasteiger charge is 2.15. The van der Waals surface area contributed by atoms with Gasteiger partial charge in [-0.3, -0.25) is 14.2 Å². The van der Waals surface area contributed by atoms with E-state index in [2.05, 4.69) is 36.5 Å². The molecule has 0 atom stereocenters. The zero-order valence-electron chi connectivity index (χ0n) is 17.6. The van der Waals surface area contributed by atoms with Gasteiger partial charge in [0.05, 0.1) is 22.4 Å². The van der Waals surface area contributed by atoms with E-state index in [-0.39, 0.29) is 11.6 Å². The summed E-state index contributed by atoms with van der Waals surface area (Å²) in [6.45, 7) is 6.59. The second-order valence-electron chi connectivity index (χ2n) is 7.35. The highest BCUT2D eigenvalue weighted by molar-refractivity contribution is 9.10. The third-order valence-electron chi connectivity index (χ3n) is 5.04. The highest BCUT2D eigenvalue weighted by Crippen LogP contribution is 2.26. The van der Waals surface area contributed by atoms with Crippen LogP contribution in [0.2, 0.25) is 10.0 Å². The van der Waals surface area contributed by atoms with E-state index < -0.39 is 0 Å². The maximum absolute atomic E-state index is 12.7. The first kappa shape index (κ1) is 22.6. The minimum Gasteiger partial charge on any atom is -0.304 e. The van der Waals surface area contributed by atoms with E-state index in [0.717, 1.165) is 27.1 Å². The van der Waals surface area contributed by atoms with Gasteiger partial charge in [-0.25, -0.2) is 4.68 Å². The molecule has 3 heterocycles. The Morgan fingerprint density at radius 1 is 1.06 bits per heavy atom. The lowest BCUT2D eigenvalue weighted by Crippen LogP contribution is -2.16. The van der Waals surface area contributed by atoms with Gasteiger partial charge in [0.25, 0.3) is 5.91 Å². The number of hydrogen-bond acceptors (Lipinski definition) is 4. The minimum atomic E-state index is -0.348. The van der Waals surface area contributed by atoms with E-state index in [0.29, 0.717) is 29.1 Å². The van der Waals surface area contributed by atoms with E-state index in [4.69, 9.17) is 23.2 Å². The van der Waals surface area contributed by atoms with E-state index in [1.807, 2.05) is 25.5 Å². The van der Waals surface area contributed by atoms with Crippen LogP contribution in [0, 0.1) is 20.8 Å². The number of carbonyl (C=O) groups excluding carboxylic acids is 1. The van der Waals surface area contributed by atoms with Crippen LogP contribution in [0.3, 0.4) is 0 Å². The van der Waals surface area contributed by atoms with Gasteiger partial charge in [0, 0.05) is 33.6 Å². The molecule has 166 valence electrons. The summed E-state index contributed by atoms with van der Waals surface area (Å²) in [5.41, 5.74) is 3.80. The van der Waals surface area contributed by atoms with Crippen molar-refractivity contribution >= 4 is 50.9 Å². The first-order valence-electron chi connectivity index (χ1n) is 9.74. The number of hydrogen-bond donors (Lipinski definition) is 1. The van der Waals surface area contributed by atoms with Crippen molar-refractivity contribution in [2.75, 3.05) is 5.32 Å². The molecule has 0 fully saturated rings. The number of rotatable bonds is 6. The first-order chi connectivity index (χ1) is 15.2. The van der Waals surface area contributed by atoms with Crippen LogP contribution in [-0.2, 0) is 13.2 Å². The molecule has 0 radical (unpaired) electrons. The van der Waals surface area contributed by atoms with Crippen molar-refractivity contribution in [3.8, 4) is 0 Å². The monoisotopic (exact) mass is 535 g/mol. The summed E-state index contributed by atoms with van der Waals surface area (Å²) in [6, 6.07) is 8.80. The van der Waals surface area contributed by atoms with Crippen LogP contribution in [-0.4, -0.2) is 35.2 Å². The predicted octanol–water partition coefficient (Wildman–Crippen LogP) is 5.08. The molecule has 0 saturated carbocycles. The zero-order chi connectivity index (χ0) is 23.0. The van der Waals surface area contributed by atoms with Crippen LogP contribution in [0.4, 0.5) is 5.82 Å². The Balaban J connectivity index is 1.46. The molecule has 1 amide bonds. The van der Waals surface area contributed by atoms with Crippen LogP contribution in [0.5, 0.6) is 0 Å². The predicted molar refractivity (Wildman–Crippen MR) is 128 cm³/mol. The lowest BCUT2D eigenvalue weighted by Gasteiger charge is -2.08. The van der Waals surface area contributed by atoms with E-state index >= 15 is 0 Å². The zero-order valence-corrected chi connectivity index (χ0v) is 20.7. The normalized spacial score (nSPS) is 11.2. The number of amides is 1. The van der Waals surface area contributed by atoms with Crippen LogP contribution in [0.15, 0.2) is 41.0 Å². The number of benzene rings is 1. The number of nitrogens with one attached hydrogen (secondary N) is 1. The summed E-state index contributed by atoms with van der Waals surface area (Å²) in [5, 5.41) is 17.2. The molecule has 8 nitrogen and oxygen atoms in total. The van der Waals surface area contributed by atoms with Crippen molar-refractivity contribution in [2.24, 2.45) is 0 Å². The van der Waals surface area contributed by atoms with Crippen molar-refractivity contribution < 1.29 is 4.79 Å². The Hall–Kier alpha value is -2.62. The Bertz CT molecular complexity index is 1290. The number of aryl methyl sites for hydroxylation is 2. The van der Waals surface area contributed by atoms with Gasteiger partial charge in [0.15, 0.2) is 11.5 Å². The van der Waals surface area contributed by atoms with Crippen LogP contribution in [0.25, 0.3) is 0 Å². The van der Waals surface area contributed by atoms with Gasteiger partial charge in [0.2, 0.25) is 0 Å². The number of nitrogens with zero attached hydrogens (tertiary/aromatic N) is 6. The standard InChI is InChI=1S/C21H20BrCl2N7O/c1-12-9-19(28-30(12)10-15-16(23)5-4-6-17(15)24)25-21(32)18-7-8-29(27-18)11-31-14(3)20(22)13(2)26-31/h4-9H,10-11H2,1-3H3,(H,25,28,32). The van der Waals surface area contributed by atoms with Gasteiger partial charge in [-0.2, -0.15) is 15.3 Å². The Kier molecular flexibility index (Phi) is 6.41. The van der Waals surface area contributed by atoms with Gasteiger partial charge in [-0.15, -0.1) is 0 Å². The summed E-state index contributed by atoms with van der Waals surface area (Å²) >= 11 is 16.1. The summed E-state index contributed by atoms with van der Waals surface area (Å²) in [7, 11) is 0. The third-order valence-corrected chi connectivity index (χ3v) is 6.89. The topological polar surface area (TPSA) is 82.6 Å². The van der Waals surface area contributed by atoms with Crippen LogP contribution >= 0.6 is 39.1 Å². The molecule has 1 aromatic carbocycles. The molecule has 0 bridgehead atoms. The highest BCUT2D eigenvalue weighted by atomic mass is 79.9. The van der Waals surface area contributed by atoms with E-state index in [1.165, 1.54) is 0 Å². The SMILES string of the molecule is Cc1nn(Cn2ccc(C(=O)Nc3cc(C)n(Cc4c(Cl)cccc4Cl)n3)n2)c(C)c1Br. The fourth-order valence-electron chi connectivity index (χ4n) is 3.26. The minimum absolute atomic E-state index is 0.284. The molecule has 1 N–H and O–H groups in total. The summed E-state index contributed by atoms with van der Waals surface area (Å²) in [4.78, 5) is 12.7. The van der Waals surface area contributed by atoms with Crippen molar-refractivity contribution in [1.29, 1.82) is 0 Å². The molecule has 0 saturated heterocycles. The Labute approximate surface area is 203 Å². The van der Waals surface area contributed by atoms with Gasteiger partial charge < -0.3 is 5.32 Å². The Morgan fingerprint density at radius 3 is 2.44 bits per heavy atom. The largest absolute Gasteiger partial charge is 0.304 e. The number of aromatic nitrogens is 6. The number of carbonyl (C=O) groups is 1. The molecular weight excluding hydrogens is 517 g/mol. The molecule has 0 aliphatic rings. The quantitative estimate of drug-likeness (QED) is 0.372. The number of halogens is 3. The lowest BCUT2D eigenvalue weighted by molar-refractivity contribution is 0.102. The molecule has 0 aliphatic heterocycles. The van der Waals surface area contributed by atoms with Crippen molar-refractivity contribution in [3.05, 3.63) is 79.4 Å². The summed E-state index contributed by atoms with van der Waals surface area (Å²) in [6.07, 6.45) is 1.74.